The van der Waals surface area contributed by atoms with Crippen molar-refractivity contribution < 1.29 is 9.63 Å². The molecule has 4 rings (SSSR count). The van der Waals surface area contributed by atoms with Crippen molar-refractivity contribution >= 4 is 27.7 Å². The number of H-pyrrole nitrogens is 1. The van der Waals surface area contributed by atoms with Gasteiger partial charge >= 0.3 is 0 Å². The van der Waals surface area contributed by atoms with Crippen molar-refractivity contribution in [3.8, 4) is 0 Å². The minimum Gasteiger partial charge on any atom is -0.342 e. The Morgan fingerprint density at radius 2 is 1.71 bits per heavy atom. The number of nitrogens with one attached hydrogen (secondary N) is 1. The molecule has 0 saturated carbocycles. The van der Waals surface area contributed by atoms with E-state index in [1.165, 1.54) is 10.8 Å². The number of nitrogens with zero attached hydrogens (tertiary/aromatic N) is 2. The number of hydroxylamine groups is 1. The number of rotatable bonds is 10. The van der Waals surface area contributed by atoms with Crippen molar-refractivity contribution in [2.45, 2.75) is 45.1 Å². The van der Waals surface area contributed by atoms with Crippen molar-refractivity contribution in [3.05, 3.63) is 78.1 Å². The van der Waals surface area contributed by atoms with Gasteiger partial charge in [0.15, 0.2) is 0 Å². The third-order valence-electron chi connectivity index (χ3n) is 5.44. The van der Waals surface area contributed by atoms with Crippen LogP contribution in [-0.4, -0.2) is 21.0 Å². The fourth-order valence-corrected chi connectivity index (χ4v) is 3.74. The van der Waals surface area contributed by atoms with Crippen LogP contribution in [0.4, 0.5) is 0 Å². The number of aryl methyl sites for hydroxylation is 1. The van der Waals surface area contributed by atoms with Gasteiger partial charge in [-0.3, -0.25) is 9.63 Å². The molecule has 0 aliphatic heterocycles. The number of hydrogen-bond donors (Lipinski definition) is 2. The number of aromatic amines is 1. The van der Waals surface area contributed by atoms with Gasteiger partial charge in [-0.2, -0.15) is 5.17 Å². The molecule has 1 heterocycles. The molecule has 0 fully saturated rings. The summed E-state index contributed by atoms with van der Waals surface area (Å²) in [5.41, 5.74) is 3.10. The quantitative estimate of drug-likeness (QED) is 0.164. The zero-order valence-corrected chi connectivity index (χ0v) is 17.6. The summed E-state index contributed by atoms with van der Waals surface area (Å²) >= 11 is 0. The molecule has 1 amide bonds. The number of aromatic nitrogens is 2. The van der Waals surface area contributed by atoms with Gasteiger partial charge in [0.2, 0.25) is 0 Å². The normalized spacial score (nSPS) is 11.3. The number of amides is 1. The summed E-state index contributed by atoms with van der Waals surface area (Å²) < 4.78 is 0. The van der Waals surface area contributed by atoms with E-state index in [1.807, 2.05) is 42.5 Å². The van der Waals surface area contributed by atoms with E-state index in [0.29, 0.717) is 6.42 Å². The summed E-state index contributed by atoms with van der Waals surface area (Å²) in [6, 6.07) is 22.2. The second kappa shape index (κ2) is 10.2. The Labute approximate surface area is 181 Å². The van der Waals surface area contributed by atoms with E-state index in [2.05, 4.69) is 29.2 Å². The molecule has 160 valence electrons. The molecule has 4 aromatic rings. The Kier molecular flexibility index (Phi) is 6.92. The molecule has 0 spiro atoms. The second-order valence-corrected chi connectivity index (χ2v) is 7.76. The molecular formula is C25H28N4O2. The SMILES string of the molecule is NN(OCc1ccccc1)C(=O)CCCCCCc1nc2c(ccc3ccccc32)[nH]1. The molecule has 3 N–H and O–H groups in total. The maximum absolute atomic E-state index is 12.1. The van der Waals surface area contributed by atoms with E-state index < -0.39 is 0 Å². The molecule has 0 unspecified atom stereocenters. The van der Waals surface area contributed by atoms with Crippen LogP contribution in [0, 0.1) is 0 Å². The van der Waals surface area contributed by atoms with Crippen molar-refractivity contribution in [3.63, 3.8) is 0 Å². The highest BCUT2D eigenvalue weighted by atomic mass is 16.7. The summed E-state index contributed by atoms with van der Waals surface area (Å²) in [5, 5.41) is 3.26. The molecule has 0 saturated heterocycles. The van der Waals surface area contributed by atoms with Gasteiger partial charge in [0.1, 0.15) is 12.4 Å². The highest BCUT2D eigenvalue weighted by Gasteiger charge is 2.10. The fraction of sp³-hybridized carbons (Fsp3) is 0.280. The third kappa shape index (κ3) is 5.48. The first-order chi connectivity index (χ1) is 15.2. The Morgan fingerprint density at radius 1 is 0.935 bits per heavy atom. The molecule has 0 atom stereocenters. The monoisotopic (exact) mass is 416 g/mol. The Hall–Kier alpha value is -3.22. The smallest absolute Gasteiger partial charge is 0.261 e. The van der Waals surface area contributed by atoms with E-state index in [9.17, 15) is 4.79 Å². The molecular weight excluding hydrogens is 388 g/mol. The lowest BCUT2D eigenvalue weighted by Gasteiger charge is -2.15. The first kappa shape index (κ1) is 21.0. The maximum Gasteiger partial charge on any atom is 0.261 e. The van der Waals surface area contributed by atoms with Crippen molar-refractivity contribution in [1.29, 1.82) is 0 Å². The molecule has 31 heavy (non-hydrogen) atoms. The van der Waals surface area contributed by atoms with Gasteiger partial charge in [0.05, 0.1) is 11.0 Å². The van der Waals surface area contributed by atoms with Gasteiger partial charge in [0, 0.05) is 18.2 Å². The number of carbonyl (C=O) groups is 1. The Bertz CT molecular complexity index is 1140. The number of benzene rings is 3. The average Bonchev–Trinajstić information content (AvgIpc) is 3.24. The Morgan fingerprint density at radius 3 is 2.58 bits per heavy atom. The molecule has 0 bridgehead atoms. The van der Waals surface area contributed by atoms with Crippen LogP contribution in [-0.2, 0) is 22.7 Å². The van der Waals surface area contributed by atoms with Crippen LogP contribution in [0.15, 0.2) is 66.7 Å². The number of unbranched alkanes of at least 4 members (excludes halogenated alkanes) is 3. The summed E-state index contributed by atoms with van der Waals surface area (Å²) in [5.74, 6) is 6.53. The molecule has 6 heteroatoms. The van der Waals surface area contributed by atoms with Crippen molar-refractivity contribution in [2.75, 3.05) is 0 Å². The van der Waals surface area contributed by atoms with Crippen LogP contribution in [0.3, 0.4) is 0 Å². The summed E-state index contributed by atoms with van der Waals surface area (Å²) in [7, 11) is 0. The topological polar surface area (TPSA) is 84.2 Å². The minimum atomic E-state index is -0.194. The second-order valence-electron chi connectivity index (χ2n) is 7.76. The molecule has 1 aromatic heterocycles. The van der Waals surface area contributed by atoms with E-state index >= 15 is 0 Å². The lowest BCUT2D eigenvalue weighted by molar-refractivity contribution is -0.193. The molecule has 6 nitrogen and oxygen atoms in total. The van der Waals surface area contributed by atoms with Gasteiger partial charge < -0.3 is 4.98 Å². The fourth-order valence-electron chi connectivity index (χ4n) is 3.74. The lowest BCUT2D eigenvalue weighted by atomic mass is 10.1. The first-order valence-electron chi connectivity index (χ1n) is 10.8. The predicted molar refractivity (Wildman–Crippen MR) is 123 cm³/mol. The van der Waals surface area contributed by atoms with Crippen LogP contribution < -0.4 is 5.84 Å². The molecule has 3 aromatic carbocycles. The number of hydrazine groups is 1. The van der Waals surface area contributed by atoms with Gasteiger partial charge in [-0.15, -0.1) is 0 Å². The van der Waals surface area contributed by atoms with Crippen LogP contribution in [0.2, 0.25) is 0 Å². The van der Waals surface area contributed by atoms with Crippen LogP contribution >= 0.6 is 0 Å². The maximum atomic E-state index is 12.1. The van der Waals surface area contributed by atoms with Gasteiger partial charge in [-0.1, -0.05) is 73.5 Å². The van der Waals surface area contributed by atoms with Gasteiger partial charge in [-0.25, -0.2) is 10.8 Å². The van der Waals surface area contributed by atoms with E-state index in [-0.39, 0.29) is 12.5 Å². The largest absolute Gasteiger partial charge is 0.342 e. The van der Waals surface area contributed by atoms with Crippen LogP contribution in [0.25, 0.3) is 21.8 Å². The summed E-state index contributed by atoms with van der Waals surface area (Å²) in [6.45, 7) is 0.288. The molecule has 0 aliphatic carbocycles. The predicted octanol–water partition coefficient (Wildman–Crippen LogP) is 5.04. The molecule has 0 aliphatic rings. The highest BCUT2D eigenvalue weighted by molar-refractivity contribution is 6.04. The minimum absolute atomic E-state index is 0.194. The van der Waals surface area contributed by atoms with Gasteiger partial charge in [-0.05, 0) is 29.9 Å². The Balaban J connectivity index is 1.16. The standard InChI is InChI=1S/C25H28N4O2/c26-29(31-18-19-10-4-3-5-11-19)24(30)15-7-2-1-6-14-23-27-22-17-16-20-12-8-9-13-21(20)25(22)28-23/h3-5,8-13,16-17H,1-2,6-7,14-15,18,26H2,(H,27,28). The number of fused-ring (bicyclic) bond motifs is 3. The van der Waals surface area contributed by atoms with E-state index in [1.54, 1.807) is 0 Å². The zero-order chi connectivity index (χ0) is 21.5. The zero-order valence-electron chi connectivity index (χ0n) is 17.6. The average molecular weight is 417 g/mol. The van der Waals surface area contributed by atoms with Gasteiger partial charge in [0.25, 0.3) is 5.91 Å². The highest BCUT2D eigenvalue weighted by Crippen LogP contribution is 2.24. The number of nitrogens with two attached hydrogens (primary N) is 1. The lowest BCUT2D eigenvalue weighted by Crippen LogP contribution is -2.37. The van der Waals surface area contributed by atoms with Crippen LogP contribution in [0.5, 0.6) is 0 Å². The van der Waals surface area contributed by atoms with E-state index in [4.69, 9.17) is 15.7 Å². The first-order valence-corrected chi connectivity index (χ1v) is 10.8. The van der Waals surface area contributed by atoms with Crippen molar-refractivity contribution in [1.82, 2.24) is 15.1 Å². The number of imidazole rings is 1. The van der Waals surface area contributed by atoms with Crippen LogP contribution in [0.1, 0.15) is 43.5 Å². The summed E-state index contributed by atoms with van der Waals surface area (Å²) in [6.07, 6.45) is 5.14. The third-order valence-corrected chi connectivity index (χ3v) is 5.44. The van der Waals surface area contributed by atoms with Crippen molar-refractivity contribution in [2.24, 2.45) is 5.84 Å². The molecule has 0 radical (unpaired) electrons. The number of carbonyl (C=O) groups excluding carboxylic acids is 1. The number of hydrogen-bond acceptors (Lipinski definition) is 4. The summed E-state index contributed by atoms with van der Waals surface area (Å²) in [4.78, 5) is 25.7. The van der Waals surface area contributed by atoms with E-state index in [0.717, 1.165) is 59.7 Å².